The summed E-state index contributed by atoms with van der Waals surface area (Å²) in [4.78, 5) is 54.4. The van der Waals surface area contributed by atoms with Crippen molar-refractivity contribution >= 4 is 34.5 Å². The Morgan fingerprint density at radius 3 is 2.54 bits per heavy atom. The Kier molecular flexibility index (Phi) is 5.08. The molecule has 2 N–H and O–H groups in total. The molecule has 1 spiro atoms. The minimum atomic E-state index is -2.07. The van der Waals surface area contributed by atoms with Crippen LogP contribution in [-0.4, -0.2) is 38.1 Å². The molecule has 3 heterocycles. The van der Waals surface area contributed by atoms with Gasteiger partial charge in [0, 0.05) is 11.3 Å². The topological polar surface area (TPSA) is 138 Å². The fraction of sp³-hybridized carbons (Fsp3) is 0.200. The SMILES string of the molecule is CCOC(=O)C1=C(N)Oc2c(c(=O)oc3ccccc23)[C@]12C(=O)N(CC(=O)OC)c1ccccc12. The van der Waals surface area contributed by atoms with E-state index in [0.29, 0.717) is 11.1 Å². The van der Waals surface area contributed by atoms with Crippen LogP contribution in [0.1, 0.15) is 18.1 Å². The van der Waals surface area contributed by atoms with Crippen molar-refractivity contribution in [1.82, 2.24) is 0 Å². The van der Waals surface area contributed by atoms with Crippen LogP contribution in [0.15, 0.2) is 69.2 Å². The quantitative estimate of drug-likeness (QED) is 0.440. The molecule has 3 aromatic rings. The van der Waals surface area contributed by atoms with Crippen molar-refractivity contribution in [3.8, 4) is 5.75 Å². The average molecular weight is 476 g/mol. The van der Waals surface area contributed by atoms with Gasteiger partial charge < -0.3 is 24.4 Å². The van der Waals surface area contributed by atoms with Gasteiger partial charge in [0.05, 0.1) is 19.1 Å². The number of nitrogens with zero attached hydrogens (tertiary/aromatic N) is 1. The van der Waals surface area contributed by atoms with Gasteiger partial charge in [-0.1, -0.05) is 30.3 Å². The van der Waals surface area contributed by atoms with E-state index in [4.69, 9.17) is 24.4 Å². The van der Waals surface area contributed by atoms with Gasteiger partial charge in [-0.15, -0.1) is 0 Å². The highest BCUT2D eigenvalue weighted by atomic mass is 16.5. The number of esters is 2. The summed E-state index contributed by atoms with van der Waals surface area (Å²) >= 11 is 0. The third-order valence-electron chi connectivity index (χ3n) is 6.13. The maximum absolute atomic E-state index is 14.3. The first-order chi connectivity index (χ1) is 16.9. The summed E-state index contributed by atoms with van der Waals surface area (Å²) in [5.41, 5.74) is 3.50. The monoisotopic (exact) mass is 476 g/mol. The van der Waals surface area contributed by atoms with Gasteiger partial charge in [-0.3, -0.25) is 14.5 Å². The third-order valence-corrected chi connectivity index (χ3v) is 6.13. The first kappa shape index (κ1) is 22.2. The molecule has 0 radical (unpaired) electrons. The number of ether oxygens (including phenoxy) is 3. The lowest BCUT2D eigenvalue weighted by molar-refractivity contribution is -0.141. The molecule has 0 saturated heterocycles. The molecule has 0 bridgehead atoms. The molecule has 1 atom stereocenters. The molecule has 0 fully saturated rings. The minimum absolute atomic E-state index is 0.00882. The number of carbonyl (C=O) groups is 3. The zero-order chi connectivity index (χ0) is 24.9. The number of hydrogen-bond acceptors (Lipinski definition) is 9. The first-order valence-corrected chi connectivity index (χ1v) is 10.8. The van der Waals surface area contributed by atoms with E-state index in [1.165, 1.54) is 7.11 Å². The number of para-hydroxylation sites is 2. The first-order valence-electron chi connectivity index (χ1n) is 10.8. The second kappa shape index (κ2) is 8.01. The standard InChI is InChI=1S/C25H20N2O8/c1-3-33-22(29)19-21(26)35-20-13-8-4-7-11-16(13)34-23(30)18(20)25(19)14-9-5-6-10-15(14)27(24(25)31)12-17(28)32-2/h4-11H,3,12,26H2,1-2H3/t25-/m0/s1. The van der Waals surface area contributed by atoms with Gasteiger partial charge in [-0.2, -0.15) is 0 Å². The van der Waals surface area contributed by atoms with Crippen LogP contribution in [0, 0.1) is 0 Å². The van der Waals surface area contributed by atoms with E-state index in [9.17, 15) is 19.2 Å². The molecular formula is C25H20N2O8. The van der Waals surface area contributed by atoms with Crippen molar-refractivity contribution in [3.63, 3.8) is 0 Å². The van der Waals surface area contributed by atoms with Crippen LogP contribution in [0.3, 0.4) is 0 Å². The van der Waals surface area contributed by atoms with Crippen LogP contribution in [0.5, 0.6) is 5.75 Å². The lowest BCUT2D eigenvalue weighted by Gasteiger charge is -2.35. The number of hydrogen-bond donors (Lipinski definition) is 1. The van der Waals surface area contributed by atoms with Gasteiger partial charge in [-0.05, 0) is 25.1 Å². The van der Waals surface area contributed by atoms with Crippen LogP contribution in [0.25, 0.3) is 11.0 Å². The lowest BCUT2D eigenvalue weighted by atomic mass is 9.68. The zero-order valence-electron chi connectivity index (χ0n) is 18.8. The molecule has 35 heavy (non-hydrogen) atoms. The Balaban J connectivity index is 1.93. The Bertz CT molecular complexity index is 1500. The van der Waals surface area contributed by atoms with Crippen molar-refractivity contribution in [1.29, 1.82) is 0 Å². The molecule has 0 aliphatic carbocycles. The highest BCUT2D eigenvalue weighted by molar-refractivity contribution is 6.20. The molecule has 10 nitrogen and oxygen atoms in total. The lowest BCUT2D eigenvalue weighted by Crippen LogP contribution is -2.51. The van der Waals surface area contributed by atoms with E-state index in [2.05, 4.69) is 0 Å². The van der Waals surface area contributed by atoms with Crippen molar-refractivity contribution in [2.75, 3.05) is 25.2 Å². The molecule has 0 unspecified atom stereocenters. The fourth-order valence-corrected chi connectivity index (χ4v) is 4.77. The van der Waals surface area contributed by atoms with E-state index >= 15 is 0 Å². The molecule has 0 saturated carbocycles. The average Bonchev–Trinajstić information content (AvgIpc) is 3.07. The van der Waals surface area contributed by atoms with E-state index < -0.39 is 41.3 Å². The van der Waals surface area contributed by atoms with E-state index in [1.54, 1.807) is 55.5 Å². The van der Waals surface area contributed by atoms with Crippen molar-refractivity contribution in [3.05, 3.63) is 81.5 Å². The Hall–Kier alpha value is -4.60. The maximum atomic E-state index is 14.3. The maximum Gasteiger partial charge on any atom is 0.345 e. The molecule has 2 aliphatic heterocycles. The zero-order valence-corrected chi connectivity index (χ0v) is 18.8. The smallest absolute Gasteiger partial charge is 0.345 e. The summed E-state index contributed by atoms with van der Waals surface area (Å²) in [5, 5.41) is 0.379. The van der Waals surface area contributed by atoms with Gasteiger partial charge >= 0.3 is 17.6 Å². The van der Waals surface area contributed by atoms with Crippen LogP contribution >= 0.6 is 0 Å². The Morgan fingerprint density at radius 1 is 1.09 bits per heavy atom. The normalized spacial score (nSPS) is 18.3. The number of fused-ring (bicyclic) bond motifs is 6. The van der Waals surface area contributed by atoms with Gasteiger partial charge in [0.2, 0.25) is 11.8 Å². The van der Waals surface area contributed by atoms with E-state index in [-0.39, 0.29) is 34.6 Å². The Morgan fingerprint density at radius 2 is 1.80 bits per heavy atom. The Labute approximate surface area is 198 Å². The second-order valence-corrected chi connectivity index (χ2v) is 7.89. The number of benzene rings is 2. The van der Waals surface area contributed by atoms with E-state index in [0.717, 1.165) is 4.90 Å². The van der Waals surface area contributed by atoms with Gasteiger partial charge in [0.15, 0.2) is 5.75 Å². The number of amides is 1. The van der Waals surface area contributed by atoms with Crippen molar-refractivity contribution in [2.45, 2.75) is 12.3 Å². The number of methoxy groups -OCH3 is 1. The summed E-state index contributed by atoms with van der Waals surface area (Å²) < 4.78 is 21.4. The predicted octanol–water partition coefficient (Wildman–Crippen LogP) is 1.72. The molecular weight excluding hydrogens is 456 g/mol. The largest absolute Gasteiger partial charge is 0.468 e. The second-order valence-electron chi connectivity index (χ2n) is 7.89. The van der Waals surface area contributed by atoms with Gasteiger partial charge in [0.1, 0.15) is 28.7 Å². The summed E-state index contributed by atoms with van der Waals surface area (Å²) in [7, 11) is 1.19. The number of nitrogens with two attached hydrogens (primary N) is 1. The van der Waals surface area contributed by atoms with Crippen LogP contribution in [0.4, 0.5) is 5.69 Å². The third kappa shape index (κ3) is 2.96. The van der Waals surface area contributed by atoms with Crippen molar-refractivity contribution in [2.24, 2.45) is 5.73 Å². The summed E-state index contributed by atoms with van der Waals surface area (Å²) in [6.45, 7) is 1.11. The summed E-state index contributed by atoms with van der Waals surface area (Å²) in [5.74, 6) is -2.80. The number of rotatable bonds is 4. The van der Waals surface area contributed by atoms with Crippen LogP contribution < -0.4 is 21.0 Å². The fourth-order valence-electron chi connectivity index (χ4n) is 4.77. The number of carbonyl (C=O) groups excluding carboxylic acids is 3. The molecule has 178 valence electrons. The highest BCUT2D eigenvalue weighted by Crippen LogP contribution is 2.55. The molecule has 2 aliphatic rings. The minimum Gasteiger partial charge on any atom is -0.468 e. The van der Waals surface area contributed by atoms with Crippen molar-refractivity contribution < 1.29 is 33.0 Å². The van der Waals surface area contributed by atoms with Gasteiger partial charge in [0.25, 0.3) is 0 Å². The number of anilines is 1. The predicted molar refractivity (Wildman–Crippen MR) is 123 cm³/mol. The molecule has 10 heteroatoms. The summed E-state index contributed by atoms with van der Waals surface area (Å²) in [6, 6.07) is 13.1. The molecule has 2 aromatic carbocycles. The molecule has 1 amide bonds. The molecule has 1 aromatic heterocycles. The van der Waals surface area contributed by atoms with Gasteiger partial charge in [-0.25, -0.2) is 9.59 Å². The summed E-state index contributed by atoms with van der Waals surface area (Å²) in [6.07, 6.45) is 0. The van der Waals surface area contributed by atoms with Crippen LogP contribution in [-0.2, 0) is 29.3 Å². The van der Waals surface area contributed by atoms with E-state index in [1.807, 2.05) is 0 Å². The highest BCUT2D eigenvalue weighted by Gasteiger charge is 2.63. The van der Waals surface area contributed by atoms with Crippen LogP contribution in [0.2, 0.25) is 0 Å². The molecule has 5 rings (SSSR count).